The average molecular weight is 394 g/mol. The van der Waals surface area contributed by atoms with Gasteiger partial charge in [-0.15, -0.1) is 0 Å². The fourth-order valence-electron chi connectivity index (χ4n) is 2.49. The van der Waals surface area contributed by atoms with Crippen LogP contribution in [0.1, 0.15) is 17.5 Å². The minimum absolute atomic E-state index is 0.00329. The molecule has 0 saturated heterocycles. The molecule has 0 atom stereocenters. The van der Waals surface area contributed by atoms with E-state index in [1.807, 2.05) is 0 Å². The Morgan fingerprint density at radius 1 is 1.31 bits per heavy atom. The van der Waals surface area contributed by atoms with Crippen LogP contribution in [0.3, 0.4) is 0 Å². The average Bonchev–Trinajstić information content (AvgIpc) is 3.08. The molecule has 0 saturated carbocycles. The van der Waals surface area contributed by atoms with Gasteiger partial charge in [0.15, 0.2) is 22.9 Å². The molecule has 0 spiro atoms. The van der Waals surface area contributed by atoms with E-state index >= 15 is 0 Å². The van der Waals surface area contributed by atoms with E-state index in [0.29, 0.717) is 16.7 Å². The normalized spacial score (nSPS) is 11.6. The maximum Gasteiger partial charge on any atom is 0.299 e. The van der Waals surface area contributed by atoms with Crippen molar-refractivity contribution in [3.63, 3.8) is 0 Å². The number of fused-ring (bicyclic) bond motifs is 1. The van der Waals surface area contributed by atoms with Gasteiger partial charge in [0.1, 0.15) is 0 Å². The van der Waals surface area contributed by atoms with Crippen LogP contribution in [-0.2, 0) is 0 Å². The molecule has 7 nitrogen and oxygen atoms in total. The number of anilines is 1. The number of oxime groups is 1. The van der Waals surface area contributed by atoms with Crippen molar-refractivity contribution in [1.29, 1.82) is 0 Å². The van der Waals surface area contributed by atoms with Crippen LogP contribution in [0.25, 0.3) is 11.0 Å². The number of ether oxygens (including phenoxy) is 1. The van der Waals surface area contributed by atoms with E-state index in [9.17, 15) is 10.0 Å². The Kier molecular flexibility index (Phi) is 5.01. The third kappa shape index (κ3) is 3.07. The maximum absolute atomic E-state index is 13.1. The van der Waals surface area contributed by atoms with E-state index in [-0.39, 0.29) is 27.3 Å². The lowest BCUT2D eigenvalue weighted by Gasteiger charge is -2.22. The molecule has 0 fully saturated rings. The number of carbonyl (C=O) groups excluding carboxylic acids is 1. The third-order valence-electron chi connectivity index (χ3n) is 3.66. The van der Waals surface area contributed by atoms with Gasteiger partial charge >= 0.3 is 0 Å². The number of carbonyl (C=O) groups is 1. The summed E-state index contributed by atoms with van der Waals surface area (Å²) in [5.41, 5.74) is 0.555. The minimum Gasteiger partial charge on any atom is -0.493 e. The molecule has 0 unspecified atom stereocenters. The lowest BCUT2D eigenvalue weighted by atomic mass is 10.2. The van der Waals surface area contributed by atoms with E-state index < -0.39 is 5.91 Å². The van der Waals surface area contributed by atoms with Crippen molar-refractivity contribution >= 4 is 51.6 Å². The van der Waals surface area contributed by atoms with Gasteiger partial charge in [-0.25, -0.2) is 0 Å². The second-order valence-electron chi connectivity index (χ2n) is 5.23. The molecule has 1 amide bonds. The number of nitrogens with zero attached hydrogens (tertiary/aromatic N) is 3. The van der Waals surface area contributed by atoms with E-state index in [0.717, 1.165) is 4.90 Å². The molecule has 2 aromatic heterocycles. The Labute approximate surface area is 158 Å². The van der Waals surface area contributed by atoms with Crippen LogP contribution in [-0.4, -0.2) is 29.0 Å². The highest BCUT2D eigenvalue weighted by atomic mass is 35.5. The van der Waals surface area contributed by atoms with Gasteiger partial charge in [-0.05, 0) is 19.1 Å². The Hall–Kier alpha value is -2.77. The summed E-state index contributed by atoms with van der Waals surface area (Å²) in [5.74, 6) is -0.178. The van der Waals surface area contributed by atoms with Crippen LogP contribution in [0, 0.1) is 0 Å². The summed E-state index contributed by atoms with van der Waals surface area (Å²) >= 11 is 12.3. The topological polar surface area (TPSA) is 88.2 Å². The first kappa shape index (κ1) is 18.0. The summed E-state index contributed by atoms with van der Waals surface area (Å²) in [4.78, 5) is 18.0. The van der Waals surface area contributed by atoms with Gasteiger partial charge in [-0.1, -0.05) is 40.5 Å². The Morgan fingerprint density at radius 2 is 2.00 bits per heavy atom. The van der Waals surface area contributed by atoms with Crippen LogP contribution in [0.2, 0.25) is 10.0 Å². The molecule has 0 radical (unpaired) electrons. The number of hydrogen-bond donors (Lipinski definition) is 1. The van der Waals surface area contributed by atoms with Crippen molar-refractivity contribution in [1.82, 2.24) is 4.98 Å². The first-order valence-corrected chi connectivity index (χ1v) is 8.12. The van der Waals surface area contributed by atoms with Gasteiger partial charge < -0.3 is 14.4 Å². The molecule has 2 heterocycles. The number of pyridine rings is 1. The number of hydrogen-bond acceptors (Lipinski definition) is 6. The number of amidine groups is 1. The monoisotopic (exact) mass is 393 g/mol. The molecule has 134 valence electrons. The highest BCUT2D eigenvalue weighted by molar-refractivity contribution is 6.41. The predicted molar refractivity (Wildman–Crippen MR) is 98.7 cm³/mol. The standard InChI is InChI=1S/C17H13Cl2N3O4/c1-9(21-24)22(15-11(18)7-20-8-12(15)19)17(23)14-6-10-4-3-5-13(25-2)16(10)26-14/h3-8,24H,1-2H3/b21-9+. The summed E-state index contributed by atoms with van der Waals surface area (Å²) < 4.78 is 10.9. The van der Waals surface area contributed by atoms with Crippen LogP contribution in [0.4, 0.5) is 5.69 Å². The van der Waals surface area contributed by atoms with Crippen molar-refractivity contribution in [2.45, 2.75) is 6.92 Å². The zero-order valence-corrected chi connectivity index (χ0v) is 15.2. The summed E-state index contributed by atoms with van der Waals surface area (Å²) in [6, 6.07) is 6.83. The molecule has 3 aromatic rings. The van der Waals surface area contributed by atoms with Crippen molar-refractivity contribution < 1.29 is 19.2 Å². The largest absolute Gasteiger partial charge is 0.493 e. The van der Waals surface area contributed by atoms with E-state index in [4.69, 9.17) is 32.4 Å². The summed E-state index contributed by atoms with van der Waals surface area (Å²) in [6.07, 6.45) is 2.66. The first-order valence-electron chi connectivity index (χ1n) is 7.36. The van der Waals surface area contributed by atoms with Gasteiger partial charge in [0.25, 0.3) is 5.91 Å². The highest BCUT2D eigenvalue weighted by Crippen LogP contribution is 2.35. The Balaban J connectivity index is 2.15. The Morgan fingerprint density at radius 3 is 2.62 bits per heavy atom. The summed E-state index contributed by atoms with van der Waals surface area (Å²) in [7, 11) is 1.50. The van der Waals surface area contributed by atoms with Crippen LogP contribution in [0.15, 0.2) is 46.2 Å². The lowest BCUT2D eigenvalue weighted by Crippen LogP contribution is -2.35. The second kappa shape index (κ2) is 7.23. The quantitative estimate of drug-likeness (QED) is 0.304. The summed E-state index contributed by atoms with van der Waals surface area (Å²) in [5, 5.41) is 13.2. The van der Waals surface area contributed by atoms with Crippen molar-refractivity contribution in [2.75, 3.05) is 12.0 Å². The number of methoxy groups -OCH3 is 1. The van der Waals surface area contributed by atoms with Gasteiger partial charge in [-0.2, -0.15) is 0 Å². The number of furan rings is 1. The van der Waals surface area contributed by atoms with Crippen molar-refractivity contribution in [2.24, 2.45) is 5.16 Å². The van der Waals surface area contributed by atoms with Gasteiger partial charge in [-0.3, -0.25) is 14.7 Å². The van der Waals surface area contributed by atoms with Gasteiger partial charge in [0.2, 0.25) is 0 Å². The number of aromatic nitrogens is 1. The highest BCUT2D eigenvalue weighted by Gasteiger charge is 2.28. The number of rotatable bonds is 3. The zero-order valence-electron chi connectivity index (χ0n) is 13.7. The third-order valence-corrected chi connectivity index (χ3v) is 4.22. The number of benzene rings is 1. The predicted octanol–water partition coefficient (Wildman–Crippen LogP) is 4.60. The first-order chi connectivity index (χ1) is 12.5. The minimum atomic E-state index is -0.617. The van der Waals surface area contributed by atoms with Crippen LogP contribution < -0.4 is 9.64 Å². The molecule has 9 heteroatoms. The molecular formula is C17H13Cl2N3O4. The van der Waals surface area contributed by atoms with Crippen LogP contribution in [0.5, 0.6) is 5.75 Å². The van der Waals surface area contributed by atoms with E-state index in [1.54, 1.807) is 24.3 Å². The van der Waals surface area contributed by atoms with E-state index in [1.165, 1.54) is 26.4 Å². The lowest BCUT2D eigenvalue weighted by molar-refractivity contribution is 0.0976. The van der Waals surface area contributed by atoms with Crippen LogP contribution >= 0.6 is 23.2 Å². The fraction of sp³-hybridized carbons (Fsp3) is 0.118. The number of para-hydroxylation sites is 1. The molecule has 0 aliphatic carbocycles. The fourth-order valence-corrected chi connectivity index (χ4v) is 3.02. The maximum atomic E-state index is 13.1. The van der Waals surface area contributed by atoms with Crippen molar-refractivity contribution in [3.05, 3.63) is 52.5 Å². The smallest absolute Gasteiger partial charge is 0.299 e. The molecule has 0 aliphatic heterocycles. The molecule has 0 bridgehead atoms. The van der Waals surface area contributed by atoms with Gasteiger partial charge in [0, 0.05) is 17.8 Å². The molecule has 1 N–H and O–H groups in total. The van der Waals surface area contributed by atoms with E-state index in [2.05, 4.69) is 10.1 Å². The molecule has 1 aromatic carbocycles. The summed E-state index contributed by atoms with van der Waals surface area (Å²) in [6.45, 7) is 1.42. The van der Waals surface area contributed by atoms with Gasteiger partial charge in [0.05, 0.1) is 22.8 Å². The second-order valence-corrected chi connectivity index (χ2v) is 6.04. The molecule has 26 heavy (non-hydrogen) atoms. The molecule has 0 aliphatic rings. The molecule has 3 rings (SSSR count). The molecular weight excluding hydrogens is 381 g/mol. The Bertz CT molecular complexity index is 996. The van der Waals surface area contributed by atoms with Crippen molar-refractivity contribution in [3.8, 4) is 5.75 Å². The number of halogens is 2. The number of amides is 1. The zero-order chi connectivity index (χ0) is 18.8. The SMILES string of the molecule is COc1cccc2cc(C(=O)N(/C(C)=N/O)c3c(Cl)cncc3Cl)oc12.